The van der Waals surface area contributed by atoms with Gasteiger partial charge < -0.3 is 5.32 Å². The van der Waals surface area contributed by atoms with Gasteiger partial charge in [-0.2, -0.15) is 0 Å². The van der Waals surface area contributed by atoms with Crippen LogP contribution in [0.5, 0.6) is 0 Å². The largest absolute Gasteiger partial charge is 0.352 e. The highest BCUT2D eigenvalue weighted by atomic mass is 16.2. The second-order valence-electron chi connectivity index (χ2n) is 4.09. The molecule has 0 aliphatic carbocycles. The summed E-state index contributed by atoms with van der Waals surface area (Å²) >= 11 is 0. The predicted molar refractivity (Wildman–Crippen MR) is 62.7 cm³/mol. The van der Waals surface area contributed by atoms with Crippen LogP contribution in [0.1, 0.15) is 13.8 Å². The van der Waals surface area contributed by atoms with Crippen LogP contribution in [0.15, 0.2) is 29.2 Å². The molecule has 6 nitrogen and oxygen atoms in total. The maximum atomic E-state index is 11.8. The lowest BCUT2D eigenvalue weighted by Crippen LogP contribution is -2.36. The maximum Gasteiger partial charge on any atom is 0.350 e. The zero-order valence-electron chi connectivity index (χ0n) is 9.75. The zero-order chi connectivity index (χ0) is 12.4. The van der Waals surface area contributed by atoms with E-state index in [4.69, 9.17) is 0 Å². The van der Waals surface area contributed by atoms with E-state index in [9.17, 15) is 9.59 Å². The Morgan fingerprint density at radius 2 is 2.24 bits per heavy atom. The third-order valence-electron chi connectivity index (χ3n) is 2.23. The SMILES string of the molecule is CC(C)NC(=O)Cn1nc2ccccn2c1=O. The zero-order valence-corrected chi connectivity index (χ0v) is 9.75. The summed E-state index contributed by atoms with van der Waals surface area (Å²) in [4.78, 5) is 23.4. The minimum absolute atomic E-state index is 0.0511. The van der Waals surface area contributed by atoms with Gasteiger partial charge in [0.2, 0.25) is 5.91 Å². The highest BCUT2D eigenvalue weighted by molar-refractivity contribution is 5.75. The quantitative estimate of drug-likeness (QED) is 0.814. The number of fused-ring (bicyclic) bond motifs is 1. The molecule has 2 rings (SSSR count). The highest BCUT2D eigenvalue weighted by Gasteiger charge is 2.10. The smallest absolute Gasteiger partial charge is 0.350 e. The summed E-state index contributed by atoms with van der Waals surface area (Å²) in [7, 11) is 0. The second kappa shape index (κ2) is 4.40. The Bertz CT molecular complexity index is 597. The van der Waals surface area contributed by atoms with Crippen molar-refractivity contribution in [3.63, 3.8) is 0 Å². The van der Waals surface area contributed by atoms with Gasteiger partial charge in [-0.15, -0.1) is 5.10 Å². The van der Waals surface area contributed by atoms with E-state index in [1.54, 1.807) is 24.4 Å². The summed E-state index contributed by atoms with van der Waals surface area (Å²) in [6.45, 7) is 3.67. The van der Waals surface area contributed by atoms with Crippen molar-refractivity contribution < 1.29 is 4.79 Å². The fraction of sp³-hybridized carbons (Fsp3) is 0.364. The Morgan fingerprint density at radius 1 is 1.47 bits per heavy atom. The average Bonchev–Trinajstić information content (AvgIpc) is 2.55. The van der Waals surface area contributed by atoms with Crippen molar-refractivity contribution in [2.75, 3.05) is 0 Å². The molecule has 2 heterocycles. The van der Waals surface area contributed by atoms with Crippen molar-refractivity contribution in [2.45, 2.75) is 26.4 Å². The third kappa shape index (κ3) is 2.35. The van der Waals surface area contributed by atoms with Crippen molar-refractivity contribution in [1.82, 2.24) is 19.5 Å². The Kier molecular flexibility index (Phi) is 2.95. The molecule has 2 aromatic rings. The van der Waals surface area contributed by atoms with Gasteiger partial charge in [0.25, 0.3) is 0 Å². The first-order chi connectivity index (χ1) is 8.08. The molecule has 0 spiro atoms. The Hall–Kier alpha value is -2.11. The molecule has 0 fully saturated rings. The van der Waals surface area contributed by atoms with Crippen molar-refractivity contribution in [2.24, 2.45) is 0 Å². The number of rotatable bonds is 3. The van der Waals surface area contributed by atoms with Gasteiger partial charge in [-0.25, -0.2) is 9.48 Å². The number of carbonyl (C=O) groups is 1. The molecule has 2 aromatic heterocycles. The molecular weight excluding hydrogens is 220 g/mol. The highest BCUT2D eigenvalue weighted by Crippen LogP contribution is 1.94. The van der Waals surface area contributed by atoms with Gasteiger partial charge in [0.05, 0.1) is 0 Å². The van der Waals surface area contributed by atoms with Gasteiger partial charge in [-0.05, 0) is 26.0 Å². The molecule has 0 aliphatic heterocycles. The normalized spacial score (nSPS) is 11.0. The van der Waals surface area contributed by atoms with Gasteiger partial charge in [-0.3, -0.25) is 9.20 Å². The van der Waals surface area contributed by atoms with Crippen molar-refractivity contribution in [1.29, 1.82) is 0 Å². The molecule has 0 aliphatic rings. The number of pyridine rings is 1. The lowest BCUT2D eigenvalue weighted by atomic mass is 10.4. The molecule has 0 atom stereocenters. The van der Waals surface area contributed by atoms with Gasteiger partial charge in [0.15, 0.2) is 5.65 Å². The minimum Gasteiger partial charge on any atom is -0.352 e. The summed E-state index contributed by atoms with van der Waals surface area (Å²) in [5.74, 6) is -0.217. The van der Waals surface area contributed by atoms with E-state index in [0.29, 0.717) is 5.65 Å². The number of carbonyl (C=O) groups excluding carboxylic acids is 1. The van der Waals surface area contributed by atoms with E-state index in [0.717, 1.165) is 4.68 Å². The van der Waals surface area contributed by atoms with Crippen LogP contribution >= 0.6 is 0 Å². The van der Waals surface area contributed by atoms with E-state index in [2.05, 4.69) is 10.4 Å². The molecule has 0 saturated carbocycles. The Balaban J connectivity index is 2.28. The lowest BCUT2D eigenvalue weighted by molar-refractivity contribution is -0.122. The second-order valence-corrected chi connectivity index (χ2v) is 4.09. The summed E-state index contributed by atoms with van der Waals surface area (Å²) in [5.41, 5.74) is 0.231. The molecule has 0 bridgehead atoms. The average molecular weight is 234 g/mol. The molecule has 0 unspecified atom stereocenters. The van der Waals surface area contributed by atoms with Crippen LogP contribution < -0.4 is 11.0 Å². The van der Waals surface area contributed by atoms with E-state index in [1.165, 1.54) is 4.40 Å². The third-order valence-corrected chi connectivity index (χ3v) is 2.23. The molecule has 1 amide bonds. The molecule has 1 N–H and O–H groups in total. The first kappa shape index (κ1) is 11.4. The van der Waals surface area contributed by atoms with Crippen LogP contribution in [0.25, 0.3) is 5.65 Å². The predicted octanol–water partition coefficient (Wildman–Crippen LogP) is 0.0206. The van der Waals surface area contributed by atoms with Crippen molar-refractivity contribution in [3.8, 4) is 0 Å². The molecule has 0 aromatic carbocycles. The summed E-state index contributed by atoms with van der Waals surface area (Å²) in [5, 5.41) is 6.78. The Labute approximate surface area is 97.9 Å². The van der Waals surface area contributed by atoms with E-state index in [1.807, 2.05) is 13.8 Å². The molecule has 0 radical (unpaired) electrons. The number of hydrogen-bond acceptors (Lipinski definition) is 3. The monoisotopic (exact) mass is 234 g/mol. The number of nitrogens with zero attached hydrogens (tertiary/aromatic N) is 3. The van der Waals surface area contributed by atoms with Gasteiger partial charge in [0, 0.05) is 12.2 Å². The van der Waals surface area contributed by atoms with Crippen LogP contribution in [0, 0.1) is 0 Å². The van der Waals surface area contributed by atoms with Crippen LogP contribution in [0.2, 0.25) is 0 Å². The van der Waals surface area contributed by atoms with Gasteiger partial charge in [-0.1, -0.05) is 6.07 Å². The van der Waals surface area contributed by atoms with E-state index < -0.39 is 0 Å². The van der Waals surface area contributed by atoms with Gasteiger partial charge >= 0.3 is 5.69 Å². The summed E-state index contributed by atoms with van der Waals surface area (Å²) in [6.07, 6.45) is 1.63. The first-order valence-corrected chi connectivity index (χ1v) is 5.41. The fourth-order valence-corrected chi connectivity index (χ4v) is 1.57. The van der Waals surface area contributed by atoms with E-state index in [-0.39, 0.29) is 24.2 Å². The molecule has 17 heavy (non-hydrogen) atoms. The summed E-state index contributed by atoms with van der Waals surface area (Å²) in [6, 6.07) is 5.31. The standard InChI is InChI=1S/C11H14N4O2/c1-8(2)12-10(16)7-15-11(17)14-6-4-3-5-9(14)13-15/h3-6,8H,7H2,1-2H3,(H,12,16). The first-order valence-electron chi connectivity index (χ1n) is 5.41. The number of hydrogen-bond donors (Lipinski definition) is 1. The van der Waals surface area contributed by atoms with Crippen LogP contribution in [-0.2, 0) is 11.3 Å². The van der Waals surface area contributed by atoms with Crippen molar-refractivity contribution >= 4 is 11.6 Å². The lowest BCUT2D eigenvalue weighted by Gasteiger charge is -2.06. The van der Waals surface area contributed by atoms with E-state index >= 15 is 0 Å². The molecule has 0 saturated heterocycles. The fourth-order valence-electron chi connectivity index (χ4n) is 1.57. The maximum absolute atomic E-state index is 11.8. The summed E-state index contributed by atoms with van der Waals surface area (Å²) < 4.78 is 2.57. The van der Waals surface area contributed by atoms with Crippen molar-refractivity contribution in [3.05, 3.63) is 34.9 Å². The Morgan fingerprint density at radius 3 is 2.88 bits per heavy atom. The molecule has 6 heteroatoms. The van der Waals surface area contributed by atoms with Gasteiger partial charge in [0.1, 0.15) is 6.54 Å². The van der Waals surface area contributed by atoms with Crippen LogP contribution in [-0.4, -0.2) is 26.1 Å². The van der Waals surface area contributed by atoms with Crippen LogP contribution in [0.4, 0.5) is 0 Å². The topological polar surface area (TPSA) is 68.4 Å². The van der Waals surface area contributed by atoms with Crippen LogP contribution in [0.3, 0.4) is 0 Å². The molecular formula is C11H14N4O2. The number of nitrogens with one attached hydrogen (secondary N) is 1. The minimum atomic E-state index is -0.306. The number of amides is 1. The molecule has 90 valence electrons. The number of aromatic nitrogens is 3.